The Balaban J connectivity index is 1.95. The standard InChI is InChI=1S/C19H27N2O5P/c1-4-24-27(22,25-5-2)19-18(20-13-16-10-7-11-23-16)26-17(21-19)15-9-6-8-14(3)12-15/h6,8-9,12,16,20H,4-5,7,10-11,13H2,1-3H3. The average Bonchev–Trinajstić information content (AvgIpc) is 3.30. The number of hydrogen-bond acceptors (Lipinski definition) is 7. The van der Waals surface area contributed by atoms with Gasteiger partial charge in [-0.05, 0) is 45.7 Å². The summed E-state index contributed by atoms with van der Waals surface area (Å²) in [6.45, 7) is 7.34. The highest BCUT2D eigenvalue weighted by Gasteiger charge is 2.36. The van der Waals surface area contributed by atoms with Crippen molar-refractivity contribution >= 4 is 18.9 Å². The van der Waals surface area contributed by atoms with Crippen molar-refractivity contribution < 1.29 is 22.8 Å². The normalized spacial score (nSPS) is 17.4. The molecule has 8 heteroatoms. The van der Waals surface area contributed by atoms with Gasteiger partial charge in [-0.2, -0.15) is 4.98 Å². The van der Waals surface area contributed by atoms with Gasteiger partial charge in [0.2, 0.25) is 17.2 Å². The molecule has 1 aliphatic heterocycles. The van der Waals surface area contributed by atoms with Crippen LogP contribution in [0.4, 0.5) is 5.88 Å². The molecular weight excluding hydrogens is 367 g/mol. The van der Waals surface area contributed by atoms with E-state index in [0.29, 0.717) is 18.3 Å². The van der Waals surface area contributed by atoms with Crippen LogP contribution in [0, 0.1) is 6.92 Å². The van der Waals surface area contributed by atoms with Crippen LogP contribution in [0.15, 0.2) is 28.7 Å². The molecule has 0 saturated carbocycles. The van der Waals surface area contributed by atoms with E-state index < -0.39 is 7.60 Å². The summed E-state index contributed by atoms with van der Waals surface area (Å²) < 4.78 is 35.9. The average molecular weight is 394 g/mol. The third-order valence-corrected chi connectivity index (χ3v) is 6.26. The number of ether oxygens (including phenoxy) is 1. The van der Waals surface area contributed by atoms with Gasteiger partial charge in [0.05, 0.1) is 19.3 Å². The lowest BCUT2D eigenvalue weighted by Gasteiger charge is -2.16. The van der Waals surface area contributed by atoms with Crippen LogP contribution in [0.25, 0.3) is 11.5 Å². The van der Waals surface area contributed by atoms with E-state index in [1.165, 1.54) is 0 Å². The van der Waals surface area contributed by atoms with Crippen molar-refractivity contribution in [2.75, 3.05) is 31.7 Å². The summed E-state index contributed by atoms with van der Waals surface area (Å²) in [5, 5.41) is 3.20. The molecule has 1 aliphatic rings. The van der Waals surface area contributed by atoms with E-state index in [1.54, 1.807) is 13.8 Å². The maximum atomic E-state index is 13.3. The minimum absolute atomic E-state index is 0.101. The van der Waals surface area contributed by atoms with Crippen LogP contribution in [0.1, 0.15) is 32.3 Å². The third kappa shape index (κ3) is 4.79. The first-order valence-electron chi connectivity index (χ1n) is 9.38. The molecule has 3 rings (SSSR count). The number of hydrogen-bond donors (Lipinski definition) is 1. The lowest BCUT2D eigenvalue weighted by atomic mass is 10.1. The summed E-state index contributed by atoms with van der Waals surface area (Å²) in [5.74, 6) is 0.690. The molecule has 0 amide bonds. The van der Waals surface area contributed by atoms with E-state index in [4.69, 9.17) is 18.2 Å². The molecule has 0 radical (unpaired) electrons. The van der Waals surface area contributed by atoms with Crippen LogP contribution in [-0.4, -0.2) is 37.5 Å². The summed E-state index contributed by atoms with van der Waals surface area (Å²) in [6, 6.07) is 7.79. The van der Waals surface area contributed by atoms with Gasteiger partial charge < -0.3 is 23.5 Å². The summed E-state index contributed by atoms with van der Waals surface area (Å²) >= 11 is 0. The van der Waals surface area contributed by atoms with Gasteiger partial charge in [0.15, 0.2) is 0 Å². The maximum Gasteiger partial charge on any atom is 0.385 e. The van der Waals surface area contributed by atoms with Crippen LogP contribution in [-0.2, 0) is 18.3 Å². The Hall–Kier alpha value is -1.66. The van der Waals surface area contributed by atoms with Gasteiger partial charge in [0.1, 0.15) is 0 Å². The maximum absolute atomic E-state index is 13.3. The van der Waals surface area contributed by atoms with Crippen LogP contribution >= 0.6 is 7.60 Å². The SMILES string of the molecule is CCOP(=O)(OCC)c1nc(-c2cccc(C)c2)oc1NCC1CCCO1. The fraction of sp³-hybridized carbons (Fsp3) is 0.526. The second kappa shape index (κ2) is 9.02. The van der Waals surface area contributed by atoms with Crippen LogP contribution in [0.2, 0.25) is 0 Å². The van der Waals surface area contributed by atoms with Crippen molar-refractivity contribution in [2.45, 2.75) is 39.7 Å². The number of aromatic nitrogens is 1. The summed E-state index contributed by atoms with van der Waals surface area (Å²) in [5.41, 5.74) is 2.07. The van der Waals surface area contributed by atoms with E-state index in [-0.39, 0.29) is 24.8 Å². The molecule has 1 aromatic carbocycles. The zero-order valence-electron chi connectivity index (χ0n) is 16.1. The van der Waals surface area contributed by atoms with Crippen molar-refractivity contribution in [1.82, 2.24) is 4.98 Å². The monoisotopic (exact) mass is 394 g/mol. The highest BCUT2D eigenvalue weighted by molar-refractivity contribution is 7.62. The zero-order valence-corrected chi connectivity index (χ0v) is 17.0. The van der Waals surface area contributed by atoms with Crippen molar-refractivity contribution in [2.24, 2.45) is 0 Å². The van der Waals surface area contributed by atoms with Gasteiger partial charge in [-0.15, -0.1) is 0 Å². The molecule has 1 N–H and O–H groups in total. The predicted molar refractivity (Wildman–Crippen MR) is 105 cm³/mol. The molecule has 2 heterocycles. The van der Waals surface area contributed by atoms with E-state index >= 15 is 0 Å². The summed E-state index contributed by atoms with van der Waals surface area (Å²) in [7, 11) is -3.59. The molecule has 1 fully saturated rings. The lowest BCUT2D eigenvalue weighted by molar-refractivity contribution is 0.120. The van der Waals surface area contributed by atoms with E-state index in [2.05, 4.69) is 10.3 Å². The molecule has 1 atom stereocenters. The molecule has 0 bridgehead atoms. The van der Waals surface area contributed by atoms with Crippen LogP contribution < -0.4 is 10.8 Å². The molecule has 0 aliphatic carbocycles. The molecule has 7 nitrogen and oxygen atoms in total. The second-order valence-corrected chi connectivity index (χ2v) is 8.33. The Morgan fingerprint density at radius 2 is 2.07 bits per heavy atom. The zero-order chi connectivity index (χ0) is 19.3. The van der Waals surface area contributed by atoms with Crippen molar-refractivity contribution in [3.05, 3.63) is 29.8 Å². The van der Waals surface area contributed by atoms with Crippen molar-refractivity contribution in [3.8, 4) is 11.5 Å². The highest BCUT2D eigenvalue weighted by atomic mass is 31.2. The van der Waals surface area contributed by atoms with Crippen molar-refractivity contribution in [1.29, 1.82) is 0 Å². The molecule has 1 saturated heterocycles. The molecule has 0 spiro atoms. The molecule has 2 aromatic rings. The number of oxazole rings is 1. The van der Waals surface area contributed by atoms with Crippen LogP contribution in [0.3, 0.4) is 0 Å². The molecule has 148 valence electrons. The first-order valence-corrected chi connectivity index (χ1v) is 10.9. The highest BCUT2D eigenvalue weighted by Crippen LogP contribution is 2.49. The van der Waals surface area contributed by atoms with E-state index in [9.17, 15) is 4.57 Å². The second-order valence-electron chi connectivity index (χ2n) is 6.39. The molecular formula is C19H27N2O5P. The minimum Gasteiger partial charge on any atom is -0.420 e. The Kier molecular flexibility index (Phi) is 6.71. The minimum atomic E-state index is -3.59. The Morgan fingerprint density at radius 3 is 2.70 bits per heavy atom. The Morgan fingerprint density at radius 1 is 1.30 bits per heavy atom. The summed E-state index contributed by atoms with van der Waals surface area (Å²) in [6.07, 6.45) is 2.13. The number of anilines is 1. The largest absolute Gasteiger partial charge is 0.420 e. The number of nitrogens with zero attached hydrogens (tertiary/aromatic N) is 1. The van der Waals surface area contributed by atoms with Gasteiger partial charge in [0, 0.05) is 18.7 Å². The third-order valence-electron chi connectivity index (χ3n) is 4.25. The van der Waals surface area contributed by atoms with Gasteiger partial charge in [-0.1, -0.05) is 17.7 Å². The molecule has 27 heavy (non-hydrogen) atoms. The molecule has 1 aromatic heterocycles. The predicted octanol–water partition coefficient (Wildman–Crippen LogP) is 4.13. The number of nitrogens with one attached hydrogen (secondary N) is 1. The number of rotatable bonds is 9. The fourth-order valence-corrected chi connectivity index (χ4v) is 4.61. The Bertz CT molecular complexity index is 791. The lowest BCUT2D eigenvalue weighted by Crippen LogP contribution is -2.22. The topological polar surface area (TPSA) is 82.8 Å². The first kappa shape index (κ1) is 20.1. The smallest absolute Gasteiger partial charge is 0.385 e. The fourth-order valence-electron chi connectivity index (χ4n) is 3.03. The first-order chi connectivity index (χ1) is 13.1. The number of aryl methyl sites for hydroxylation is 1. The van der Waals surface area contributed by atoms with E-state index in [1.807, 2.05) is 31.2 Å². The van der Waals surface area contributed by atoms with Crippen LogP contribution in [0.5, 0.6) is 0 Å². The molecule has 1 unspecified atom stereocenters. The van der Waals surface area contributed by atoms with Gasteiger partial charge in [-0.3, -0.25) is 4.57 Å². The quantitative estimate of drug-likeness (QED) is 0.640. The van der Waals surface area contributed by atoms with Crippen molar-refractivity contribution in [3.63, 3.8) is 0 Å². The van der Waals surface area contributed by atoms with E-state index in [0.717, 1.165) is 30.6 Å². The number of benzene rings is 1. The Labute approximate surface area is 159 Å². The van der Waals surface area contributed by atoms with Gasteiger partial charge in [-0.25, -0.2) is 0 Å². The van der Waals surface area contributed by atoms with Gasteiger partial charge in [0.25, 0.3) is 0 Å². The summed E-state index contributed by atoms with van der Waals surface area (Å²) in [4.78, 5) is 4.49. The van der Waals surface area contributed by atoms with Gasteiger partial charge >= 0.3 is 7.60 Å².